The van der Waals surface area contributed by atoms with E-state index in [4.69, 9.17) is 0 Å². The van der Waals surface area contributed by atoms with E-state index in [-0.39, 0.29) is 0 Å². The molecule has 62 valence electrons. The third-order valence-corrected chi connectivity index (χ3v) is 1.48. The van der Waals surface area contributed by atoms with E-state index in [0.29, 0.717) is 13.0 Å². The maximum atomic E-state index is 12.0. The highest BCUT2D eigenvalue weighted by Crippen LogP contribution is 2.13. The molecule has 1 unspecified atom stereocenters. The number of hydrogen-bond acceptors (Lipinski definition) is 1. The Balaban J connectivity index is 3.60. The van der Waals surface area contributed by atoms with Gasteiger partial charge < -0.3 is 4.90 Å². The number of hydrogen-bond donors (Lipinski definition) is 0. The molecule has 0 saturated carbocycles. The molecule has 1 atom stereocenters. The van der Waals surface area contributed by atoms with E-state index in [9.17, 15) is 8.78 Å². The minimum atomic E-state index is -2.17. The molecule has 0 spiro atoms. The summed E-state index contributed by atoms with van der Waals surface area (Å²) in [6, 6.07) is 0. The summed E-state index contributed by atoms with van der Waals surface area (Å²) in [7, 11) is 3.62. The van der Waals surface area contributed by atoms with Crippen LogP contribution in [0, 0.1) is 5.92 Å². The first-order chi connectivity index (χ1) is 4.57. The molecule has 3 heteroatoms. The quantitative estimate of drug-likeness (QED) is 0.592. The maximum absolute atomic E-state index is 12.0. The minimum Gasteiger partial charge on any atom is -0.309 e. The first-order valence-electron chi connectivity index (χ1n) is 3.50. The van der Waals surface area contributed by atoms with Crippen LogP contribution in [0.15, 0.2) is 0 Å². The van der Waals surface area contributed by atoms with E-state index >= 15 is 0 Å². The average Bonchev–Trinajstić information content (AvgIpc) is 1.81. The predicted octanol–water partition coefficient (Wildman–Crippen LogP) is 1.84. The fraction of sp³-hybridized carbons (Fsp3) is 1.00. The Morgan fingerprint density at radius 1 is 1.30 bits per heavy atom. The van der Waals surface area contributed by atoms with E-state index in [1.165, 1.54) is 0 Å². The first kappa shape index (κ1) is 9.82. The normalized spacial score (nSPS) is 14.7. The van der Waals surface area contributed by atoms with E-state index in [0.717, 1.165) is 0 Å². The van der Waals surface area contributed by atoms with Crippen molar-refractivity contribution >= 4 is 0 Å². The second-order valence-electron chi connectivity index (χ2n) is 2.77. The van der Waals surface area contributed by atoms with Crippen molar-refractivity contribution in [1.29, 1.82) is 0 Å². The van der Waals surface area contributed by atoms with Gasteiger partial charge in [0.25, 0.3) is 0 Å². The Hall–Kier alpha value is -0.180. The van der Waals surface area contributed by atoms with Gasteiger partial charge in [0.15, 0.2) is 0 Å². The molecule has 0 bridgehead atoms. The van der Waals surface area contributed by atoms with Crippen molar-refractivity contribution in [2.45, 2.75) is 19.8 Å². The lowest BCUT2D eigenvalue weighted by Crippen LogP contribution is -2.26. The van der Waals surface area contributed by atoms with Gasteiger partial charge in [0.05, 0.1) is 0 Å². The molecule has 0 radical (unpaired) electrons. The maximum Gasteiger partial charge on any atom is 0.242 e. The number of halogens is 2. The van der Waals surface area contributed by atoms with Gasteiger partial charge in [-0.25, -0.2) is 8.78 Å². The summed E-state index contributed by atoms with van der Waals surface area (Å²) in [5, 5.41) is 0. The first-order valence-corrected chi connectivity index (χ1v) is 3.50. The highest BCUT2D eigenvalue weighted by Gasteiger charge is 2.18. The Kier molecular flexibility index (Phi) is 4.52. The van der Waals surface area contributed by atoms with Crippen LogP contribution in [0.5, 0.6) is 0 Å². The lowest BCUT2D eigenvalue weighted by Gasteiger charge is -2.18. The Bertz CT molecular complexity index is 83.7. The Morgan fingerprint density at radius 2 is 1.80 bits per heavy atom. The second-order valence-corrected chi connectivity index (χ2v) is 2.77. The summed E-state index contributed by atoms with van der Waals surface area (Å²) in [5.41, 5.74) is 0. The van der Waals surface area contributed by atoms with Crippen molar-refractivity contribution in [2.24, 2.45) is 5.92 Å². The van der Waals surface area contributed by atoms with Crippen molar-refractivity contribution in [3.63, 3.8) is 0 Å². The van der Waals surface area contributed by atoms with Gasteiger partial charge in [-0.2, -0.15) is 0 Å². The molecule has 10 heavy (non-hydrogen) atoms. The van der Waals surface area contributed by atoms with Crippen LogP contribution in [0.25, 0.3) is 0 Å². The van der Waals surface area contributed by atoms with Crippen LogP contribution in [0.1, 0.15) is 13.3 Å². The molecule has 0 aliphatic carbocycles. The molecule has 0 N–H and O–H groups in total. The van der Waals surface area contributed by atoms with Crippen LogP contribution in [-0.2, 0) is 0 Å². The summed E-state index contributed by atoms with van der Waals surface area (Å²) < 4.78 is 24.1. The van der Waals surface area contributed by atoms with E-state index < -0.39 is 12.3 Å². The van der Waals surface area contributed by atoms with E-state index in [2.05, 4.69) is 0 Å². The van der Waals surface area contributed by atoms with Crippen LogP contribution < -0.4 is 0 Å². The highest BCUT2D eigenvalue weighted by molar-refractivity contribution is 4.61. The second kappa shape index (κ2) is 4.61. The third kappa shape index (κ3) is 3.77. The highest BCUT2D eigenvalue weighted by atomic mass is 19.3. The van der Waals surface area contributed by atoms with Crippen LogP contribution in [0.2, 0.25) is 0 Å². The molecule has 0 saturated heterocycles. The van der Waals surface area contributed by atoms with Crippen molar-refractivity contribution < 1.29 is 8.78 Å². The molecule has 1 nitrogen and oxygen atoms in total. The molecule has 0 amide bonds. The Morgan fingerprint density at radius 3 is 1.90 bits per heavy atom. The summed E-state index contributed by atoms with van der Waals surface area (Å²) in [4.78, 5) is 1.79. The van der Waals surface area contributed by atoms with Crippen molar-refractivity contribution in [2.75, 3.05) is 20.6 Å². The molecule has 0 aliphatic rings. The van der Waals surface area contributed by atoms with Crippen LogP contribution in [0.4, 0.5) is 8.78 Å². The minimum absolute atomic E-state index is 0.463. The largest absolute Gasteiger partial charge is 0.309 e. The summed E-state index contributed by atoms with van der Waals surface area (Å²) in [6.07, 6.45) is -1.62. The third-order valence-electron chi connectivity index (χ3n) is 1.48. The summed E-state index contributed by atoms with van der Waals surface area (Å²) in [5.74, 6) is -0.463. The summed E-state index contributed by atoms with van der Waals surface area (Å²) in [6.45, 7) is 2.27. The zero-order valence-electron chi connectivity index (χ0n) is 6.77. The van der Waals surface area contributed by atoms with Crippen LogP contribution >= 0.6 is 0 Å². The van der Waals surface area contributed by atoms with Crippen molar-refractivity contribution in [3.05, 3.63) is 0 Å². The fourth-order valence-electron chi connectivity index (χ4n) is 0.856. The van der Waals surface area contributed by atoms with Gasteiger partial charge in [0, 0.05) is 12.5 Å². The van der Waals surface area contributed by atoms with Gasteiger partial charge in [-0.1, -0.05) is 6.92 Å². The van der Waals surface area contributed by atoms with Gasteiger partial charge in [0.1, 0.15) is 0 Å². The molecule has 0 aromatic rings. The van der Waals surface area contributed by atoms with Crippen LogP contribution in [0.3, 0.4) is 0 Å². The zero-order valence-corrected chi connectivity index (χ0v) is 6.77. The lowest BCUT2D eigenvalue weighted by atomic mass is 10.1. The molecule has 0 rings (SSSR count). The van der Waals surface area contributed by atoms with Gasteiger partial charge in [0.2, 0.25) is 6.43 Å². The zero-order chi connectivity index (χ0) is 8.15. The monoisotopic (exact) mass is 151 g/mol. The van der Waals surface area contributed by atoms with Crippen molar-refractivity contribution in [3.8, 4) is 0 Å². The molecule has 0 fully saturated rings. The number of rotatable bonds is 4. The number of alkyl halides is 2. The molecule has 0 aromatic carbocycles. The average molecular weight is 151 g/mol. The van der Waals surface area contributed by atoms with E-state index in [1.54, 1.807) is 11.8 Å². The molecular weight excluding hydrogens is 136 g/mol. The Labute approximate surface area is 61.0 Å². The predicted molar refractivity (Wildman–Crippen MR) is 38.3 cm³/mol. The fourth-order valence-corrected chi connectivity index (χ4v) is 0.856. The SMILES string of the molecule is CCC(CN(C)C)C(F)F. The van der Waals surface area contributed by atoms with Crippen molar-refractivity contribution in [1.82, 2.24) is 4.90 Å². The van der Waals surface area contributed by atoms with Gasteiger partial charge in [-0.15, -0.1) is 0 Å². The van der Waals surface area contributed by atoms with Gasteiger partial charge in [-0.05, 0) is 20.5 Å². The molecular formula is C7H15F2N. The van der Waals surface area contributed by atoms with E-state index in [1.807, 2.05) is 14.1 Å². The topological polar surface area (TPSA) is 3.24 Å². The summed E-state index contributed by atoms with van der Waals surface area (Å²) >= 11 is 0. The van der Waals surface area contributed by atoms with Gasteiger partial charge >= 0.3 is 0 Å². The molecule has 0 aromatic heterocycles. The standard InChI is InChI=1S/C7H15F2N/c1-4-6(7(8)9)5-10(2)3/h6-7H,4-5H2,1-3H3. The van der Waals surface area contributed by atoms with Crippen LogP contribution in [-0.4, -0.2) is 32.0 Å². The molecule has 0 aliphatic heterocycles. The number of nitrogens with zero attached hydrogens (tertiary/aromatic N) is 1. The van der Waals surface area contributed by atoms with Gasteiger partial charge in [-0.3, -0.25) is 0 Å². The molecule has 0 heterocycles. The smallest absolute Gasteiger partial charge is 0.242 e. The lowest BCUT2D eigenvalue weighted by molar-refractivity contribution is 0.0599.